The number of hydrogen-bond acceptors (Lipinski definition) is 1. The van der Waals surface area contributed by atoms with Crippen molar-refractivity contribution in [2.75, 3.05) is 5.88 Å². The van der Waals surface area contributed by atoms with Crippen LogP contribution in [0.2, 0.25) is 5.02 Å². The summed E-state index contributed by atoms with van der Waals surface area (Å²) >= 11 is 15.2. The summed E-state index contributed by atoms with van der Waals surface area (Å²) < 4.78 is 0.792. The van der Waals surface area contributed by atoms with E-state index in [0.717, 1.165) is 23.7 Å². The topological polar surface area (TPSA) is 29.1 Å². The molecule has 1 aliphatic rings. The van der Waals surface area contributed by atoms with E-state index in [-0.39, 0.29) is 11.9 Å². The minimum Gasteiger partial charge on any atom is -0.349 e. The molecule has 1 saturated carbocycles. The van der Waals surface area contributed by atoms with Crippen molar-refractivity contribution >= 4 is 45.0 Å². The van der Waals surface area contributed by atoms with E-state index in [1.807, 2.05) is 0 Å². The first-order chi connectivity index (χ1) is 8.61. The molecular weight excluding hydrogens is 337 g/mol. The smallest absolute Gasteiger partial charge is 0.251 e. The summed E-state index contributed by atoms with van der Waals surface area (Å²) in [6.45, 7) is 0. The Balaban J connectivity index is 2.05. The van der Waals surface area contributed by atoms with Gasteiger partial charge in [0.15, 0.2) is 0 Å². The molecular formula is C13H14BrCl2NO. The van der Waals surface area contributed by atoms with E-state index in [9.17, 15) is 4.79 Å². The Kier molecular flexibility index (Phi) is 4.93. The summed E-state index contributed by atoms with van der Waals surface area (Å²) in [7, 11) is 0. The molecule has 2 atom stereocenters. The van der Waals surface area contributed by atoms with Crippen LogP contribution in [0.25, 0.3) is 0 Å². The lowest BCUT2D eigenvalue weighted by atomic mass is 10.1. The lowest BCUT2D eigenvalue weighted by Crippen LogP contribution is -2.37. The van der Waals surface area contributed by atoms with Gasteiger partial charge >= 0.3 is 0 Å². The van der Waals surface area contributed by atoms with Crippen LogP contribution in [-0.2, 0) is 0 Å². The number of nitrogens with one attached hydrogen (secondary N) is 1. The van der Waals surface area contributed by atoms with Gasteiger partial charge in [0.2, 0.25) is 0 Å². The second-order valence-corrected chi connectivity index (χ2v) is 6.12. The van der Waals surface area contributed by atoms with Gasteiger partial charge in [0.1, 0.15) is 0 Å². The van der Waals surface area contributed by atoms with Gasteiger partial charge in [0.25, 0.3) is 5.91 Å². The van der Waals surface area contributed by atoms with E-state index < -0.39 is 0 Å². The minimum absolute atomic E-state index is 0.0774. The Morgan fingerprint density at radius 1 is 1.44 bits per heavy atom. The van der Waals surface area contributed by atoms with Gasteiger partial charge in [-0.1, -0.05) is 18.0 Å². The molecule has 1 N–H and O–H groups in total. The Bertz CT molecular complexity index is 453. The summed E-state index contributed by atoms with van der Waals surface area (Å²) in [5.41, 5.74) is 0.587. The van der Waals surface area contributed by atoms with E-state index in [4.69, 9.17) is 23.2 Å². The highest BCUT2D eigenvalue weighted by Crippen LogP contribution is 2.27. The highest BCUT2D eigenvalue weighted by Gasteiger charge is 2.28. The summed E-state index contributed by atoms with van der Waals surface area (Å²) in [5.74, 6) is 0.916. The van der Waals surface area contributed by atoms with Crippen molar-refractivity contribution in [2.45, 2.75) is 25.3 Å². The second kappa shape index (κ2) is 6.27. The molecule has 2 nitrogen and oxygen atoms in total. The van der Waals surface area contributed by atoms with E-state index in [1.54, 1.807) is 18.2 Å². The largest absolute Gasteiger partial charge is 0.349 e. The van der Waals surface area contributed by atoms with Crippen molar-refractivity contribution < 1.29 is 4.79 Å². The maximum atomic E-state index is 12.1. The zero-order valence-electron chi connectivity index (χ0n) is 9.76. The summed E-state index contributed by atoms with van der Waals surface area (Å²) in [6, 6.07) is 5.41. The third kappa shape index (κ3) is 3.19. The maximum Gasteiger partial charge on any atom is 0.251 e. The Morgan fingerprint density at radius 2 is 2.22 bits per heavy atom. The number of halogens is 3. The first-order valence-electron chi connectivity index (χ1n) is 5.93. The van der Waals surface area contributed by atoms with Gasteiger partial charge < -0.3 is 5.32 Å². The standard InChI is InChI=1S/C13H14BrCl2NO/c14-10-5-4-8(6-11(10)16)13(18)17-12-3-1-2-9(12)7-15/h4-6,9,12H,1-3,7H2,(H,17,18). The van der Waals surface area contributed by atoms with Gasteiger partial charge in [-0.15, -0.1) is 11.6 Å². The van der Waals surface area contributed by atoms with Gasteiger partial charge in [-0.2, -0.15) is 0 Å². The third-order valence-electron chi connectivity index (χ3n) is 3.36. The van der Waals surface area contributed by atoms with Crippen LogP contribution < -0.4 is 5.32 Å². The summed E-state index contributed by atoms with van der Waals surface area (Å²) in [4.78, 5) is 12.1. The number of rotatable bonds is 3. The molecule has 0 radical (unpaired) electrons. The lowest BCUT2D eigenvalue weighted by Gasteiger charge is -2.19. The van der Waals surface area contributed by atoms with Gasteiger partial charge in [0.05, 0.1) is 5.02 Å². The molecule has 1 aromatic rings. The molecule has 1 aliphatic carbocycles. The first-order valence-corrected chi connectivity index (χ1v) is 7.64. The van der Waals surface area contributed by atoms with Crippen LogP contribution in [0.3, 0.4) is 0 Å². The molecule has 0 saturated heterocycles. The molecule has 98 valence electrons. The monoisotopic (exact) mass is 349 g/mol. The molecule has 5 heteroatoms. The van der Waals surface area contributed by atoms with Crippen LogP contribution >= 0.6 is 39.1 Å². The van der Waals surface area contributed by atoms with Gasteiger partial charge in [-0.25, -0.2) is 0 Å². The van der Waals surface area contributed by atoms with E-state index >= 15 is 0 Å². The molecule has 1 amide bonds. The van der Waals surface area contributed by atoms with Crippen LogP contribution in [0.5, 0.6) is 0 Å². The van der Waals surface area contributed by atoms with Crippen molar-refractivity contribution in [1.82, 2.24) is 5.32 Å². The zero-order chi connectivity index (χ0) is 13.1. The molecule has 0 aromatic heterocycles. The van der Waals surface area contributed by atoms with Crippen LogP contribution in [0, 0.1) is 5.92 Å². The number of alkyl halides is 1. The molecule has 2 rings (SSSR count). The molecule has 1 fully saturated rings. The van der Waals surface area contributed by atoms with Crippen molar-refractivity contribution in [1.29, 1.82) is 0 Å². The molecule has 18 heavy (non-hydrogen) atoms. The number of carbonyl (C=O) groups excluding carboxylic acids is 1. The maximum absolute atomic E-state index is 12.1. The highest BCUT2D eigenvalue weighted by atomic mass is 79.9. The number of benzene rings is 1. The van der Waals surface area contributed by atoms with Crippen LogP contribution in [0.15, 0.2) is 22.7 Å². The van der Waals surface area contributed by atoms with Crippen LogP contribution in [0.1, 0.15) is 29.6 Å². The van der Waals surface area contributed by atoms with Gasteiger partial charge in [0, 0.05) is 22.0 Å². The van der Waals surface area contributed by atoms with Crippen molar-refractivity contribution in [3.05, 3.63) is 33.3 Å². The molecule has 0 spiro atoms. The van der Waals surface area contributed by atoms with E-state index in [1.165, 1.54) is 0 Å². The SMILES string of the molecule is O=C(NC1CCCC1CCl)c1ccc(Br)c(Cl)c1. The lowest BCUT2D eigenvalue weighted by molar-refractivity contribution is 0.0930. The molecule has 0 aliphatic heterocycles. The van der Waals surface area contributed by atoms with Gasteiger partial charge in [-0.05, 0) is 52.9 Å². The fourth-order valence-electron chi connectivity index (χ4n) is 2.30. The van der Waals surface area contributed by atoms with Crippen molar-refractivity contribution in [3.63, 3.8) is 0 Å². The number of hydrogen-bond donors (Lipinski definition) is 1. The first kappa shape index (κ1) is 14.2. The molecule has 0 heterocycles. The summed E-state index contributed by atoms with van der Waals surface area (Å²) in [5, 5.41) is 3.59. The second-order valence-electron chi connectivity index (χ2n) is 4.55. The number of carbonyl (C=O) groups is 1. The molecule has 1 aromatic carbocycles. The van der Waals surface area contributed by atoms with E-state index in [2.05, 4.69) is 21.2 Å². The highest BCUT2D eigenvalue weighted by molar-refractivity contribution is 9.10. The average Bonchev–Trinajstić information content (AvgIpc) is 2.79. The van der Waals surface area contributed by atoms with Crippen LogP contribution in [-0.4, -0.2) is 17.8 Å². The molecule has 2 unspecified atom stereocenters. The van der Waals surface area contributed by atoms with Crippen molar-refractivity contribution in [3.8, 4) is 0 Å². The van der Waals surface area contributed by atoms with Crippen LogP contribution in [0.4, 0.5) is 0 Å². The average molecular weight is 351 g/mol. The Hall–Kier alpha value is -0.250. The Labute approximate surface area is 125 Å². The predicted octanol–water partition coefficient (Wildman–Crippen LogP) is 4.24. The Morgan fingerprint density at radius 3 is 2.89 bits per heavy atom. The zero-order valence-corrected chi connectivity index (χ0v) is 12.9. The van der Waals surface area contributed by atoms with Crippen molar-refractivity contribution in [2.24, 2.45) is 5.92 Å². The normalized spacial score (nSPS) is 23.1. The molecule has 0 bridgehead atoms. The minimum atomic E-state index is -0.0774. The fraction of sp³-hybridized carbons (Fsp3) is 0.462. The third-order valence-corrected chi connectivity index (χ3v) is 4.98. The predicted molar refractivity (Wildman–Crippen MR) is 78.5 cm³/mol. The fourth-order valence-corrected chi connectivity index (χ4v) is 3.10. The quantitative estimate of drug-likeness (QED) is 0.811. The summed E-state index contributed by atoms with van der Waals surface area (Å²) in [6.07, 6.45) is 3.23. The number of amides is 1. The van der Waals surface area contributed by atoms with Gasteiger partial charge in [-0.3, -0.25) is 4.79 Å². The van der Waals surface area contributed by atoms with E-state index in [0.29, 0.717) is 22.4 Å².